The highest BCUT2D eigenvalue weighted by Gasteiger charge is 2.43. The molecule has 9 heteroatoms. The topological polar surface area (TPSA) is 73.6 Å². The number of hydrogen-bond acceptors (Lipinski definition) is 4. The van der Waals surface area contributed by atoms with Crippen LogP contribution in [-0.4, -0.2) is 42.1 Å². The monoisotopic (exact) mass is 399 g/mol. The molecule has 1 aromatic carbocycles. The molecule has 1 aromatic rings. The van der Waals surface area contributed by atoms with Crippen molar-refractivity contribution in [2.45, 2.75) is 38.8 Å². The summed E-state index contributed by atoms with van der Waals surface area (Å²) >= 11 is 5.57. The zero-order chi connectivity index (χ0) is 20.5. The first-order chi connectivity index (χ1) is 12.5. The molecule has 0 spiro atoms. The SMILES string of the molecule is CN(C(=O)[C@@H]1C[C@H](C#N)CN1C(=O)OC(C)(C)C)c1ccc(F)c(Cl)c1F. The number of nitriles is 1. The van der Waals surface area contributed by atoms with Gasteiger partial charge in [-0.3, -0.25) is 9.69 Å². The molecule has 1 aliphatic heterocycles. The number of hydrogen-bond donors (Lipinski definition) is 0. The standard InChI is InChI=1S/C18H20ClF2N3O3/c1-18(2,3)27-17(26)24-9-10(8-22)7-13(24)16(25)23(4)12-6-5-11(20)14(19)15(12)21/h5-6,10,13H,7,9H2,1-4H3/t10-,13+/m1/s1. The molecule has 6 nitrogen and oxygen atoms in total. The molecule has 0 N–H and O–H groups in total. The van der Waals surface area contributed by atoms with Crippen molar-refractivity contribution in [3.05, 3.63) is 28.8 Å². The summed E-state index contributed by atoms with van der Waals surface area (Å²) in [5, 5.41) is 8.47. The lowest BCUT2D eigenvalue weighted by Gasteiger charge is -2.30. The highest BCUT2D eigenvalue weighted by molar-refractivity contribution is 6.31. The van der Waals surface area contributed by atoms with E-state index in [4.69, 9.17) is 16.3 Å². The molecule has 1 fully saturated rings. The zero-order valence-electron chi connectivity index (χ0n) is 15.4. The van der Waals surface area contributed by atoms with E-state index < -0.39 is 46.2 Å². The average Bonchev–Trinajstić information content (AvgIpc) is 3.02. The van der Waals surface area contributed by atoms with Crippen molar-refractivity contribution in [3.63, 3.8) is 0 Å². The maximum absolute atomic E-state index is 14.3. The Labute approximate surface area is 161 Å². The first kappa shape index (κ1) is 20.9. The van der Waals surface area contributed by atoms with Gasteiger partial charge in [0.2, 0.25) is 5.91 Å². The molecule has 1 aliphatic rings. The maximum atomic E-state index is 14.3. The summed E-state index contributed by atoms with van der Waals surface area (Å²) in [6, 6.07) is 3.07. The number of likely N-dealkylation sites (N-methyl/N-ethyl adjacent to an activating group) is 1. The Morgan fingerprint density at radius 2 is 2.00 bits per heavy atom. The Bertz CT molecular complexity index is 804. The van der Waals surface area contributed by atoms with Gasteiger partial charge in [0.15, 0.2) is 5.82 Å². The van der Waals surface area contributed by atoms with E-state index in [0.29, 0.717) is 0 Å². The van der Waals surface area contributed by atoms with Crippen LogP contribution in [0, 0.1) is 28.9 Å². The number of benzene rings is 1. The summed E-state index contributed by atoms with van der Waals surface area (Å²) < 4.78 is 32.9. The van der Waals surface area contributed by atoms with E-state index in [1.165, 1.54) is 11.9 Å². The molecule has 27 heavy (non-hydrogen) atoms. The molecule has 2 rings (SSSR count). The minimum atomic E-state index is -1.08. The van der Waals surface area contributed by atoms with Gasteiger partial charge < -0.3 is 9.64 Å². The van der Waals surface area contributed by atoms with Gasteiger partial charge >= 0.3 is 6.09 Å². The van der Waals surface area contributed by atoms with Crippen LogP contribution in [0.3, 0.4) is 0 Å². The third-order valence-electron chi connectivity index (χ3n) is 4.10. The highest BCUT2D eigenvalue weighted by atomic mass is 35.5. The van der Waals surface area contributed by atoms with Gasteiger partial charge in [-0.25, -0.2) is 13.6 Å². The van der Waals surface area contributed by atoms with Gasteiger partial charge in [-0.1, -0.05) is 11.6 Å². The van der Waals surface area contributed by atoms with Gasteiger partial charge in [0.05, 0.1) is 17.7 Å². The molecule has 2 atom stereocenters. The van der Waals surface area contributed by atoms with Crippen LogP contribution in [0.15, 0.2) is 12.1 Å². The van der Waals surface area contributed by atoms with E-state index >= 15 is 0 Å². The van der Waals surface area contributed by atoms with Crippen LogP contribution in [0.2, 0.25) is 5.02 Å². The Balaban J connectivity index is 2.30. The van der Waals surface area contributed by atoms with E-state index in [-0.39, 0.29) is 18.7 Å². The van der Waals surface area contributed by atoms with Crippen LogP contribution in [0.5, 0.6) is 0 Å². The molecule has 0 saturated carbocycles. The van der Waals surface area contributed by atoms with Crippen molar-refractivity contribution >= 4 is 29.3 Å². The van der Waals surface area contributed by atoms with Crippen LogP contribution in [0.25, 0.3) is 0 Å². The number of anilines is 1. The van der Waals surface area contributed by atoms with Crippen LogP contribution >= 0.6 is 11.6 Å². The fourth-order valence-electron chi connectivity index (χ4n) is 2.80. The molecule has 0 radical (unpaired) electrons. The number of rotatable bonds is 2. The number of carbonyl (C=O) groups is 2. The zero-order valence-corrected chi connectivity index (χ0v) is 16.2. The van der Waals surface area contributed by atoms with Crippen molar-refractivity contribution < 1.29 is 23.1 Å². The minimum absolute atomic E-state index is 0.0301. The van der Waals surface area contributed by atoms with E-state index in [1.54, 1.807) is 20.8 Å². The molecule has 0 unspecified atom stereocenters. The molecule has 2 amide bonds. The van der Waals surface area contributed by atoms with Crippen LogP contribution in [-0.2, 0) is 9.53 Å². The molecule has 0 bridgehead atoms. The third-order valence-corrected chi connectivity index (χ3v) is 4.45. The smallest absolute Gasteiger partial charge is 0.411 e. The van der Waals surface area contributed by atoms with Gasteiger partial charge in [-0.05, 0) is 39.3 Å². The lowest BCUT2D eigenvalue weighted by atomic mass is 10.1. The van der Waals surface area contributed by atoms with Gasteiger partial charge in [0.25, 0.3) is 0 Å². The van der Waals surface area contributed by atoms with Crippen molar-refractivity contribution in [1.82, 2.24) is 4.90 Å². The highest BCUT2D eigenvalue weighted by Crippen LogP contribution is 2.31. The summed E-state index contributed by atoms with van der Waals surface area (Å²) in [5.74, 6) is -3.20. The van der Waals surface area contributed by atoms with Crippen LogP contribution in [0.1, 0.15) is 27.2 Å². The van der Waals surface area contributed by atoms with Crippen LogP contribution in [0.4, 0.5) is 19.3 Å². The van der Waals surface area contributed by atoms with Crippen molar-refractivity contribution in [2.75, 3.05) is 18.5 Å². The molecular weight excluding hydrogens is 380 g/mol. The quantitative estimate of drug-likeness (QED) is 0.710. The average molecular weight is 400 g/mol. The van der Waals surface area contributed by atoms with E-state index in [2.05, 4.69) is 0 Å². The van der Waals surface area contributed by atoms with E-state index in [1.807, 2.05) is 6.07 Å². The van der Waals surface area contributed by atoms with Crippen molar-refractivity contribution in [2.24, 2.45) is 5.92 Å². The number of carbonyl (C=O) groups excluding carboxylic acids is 2. The fraction of sp³-hybridized carbons (Fsp3) is 0.500. The van der Waals surface area contributed by atoms with Gasteiger partial charge in [-0.2, -0.15) is 5.26 Å². The fourth-order valence-corrected chi connectivity index (χ4v) is 2.96. The van der Waals surface area contributed by atoms with Gasteiger partial charge in [-0.15, -0.1) is 0 Å². The number of ether oxygens (including phenoxy) is 1. The normalized spacial score (nSPS) is 19.6. The Morgan fingerprint density at radius 1 is 1.37 bits per heavy atom. The summed E-state index contributed by atoms with van der Waals surface area (Å²) in [6.07, 6.45) is -0.639. The Kier molecular flexibility index (Phi) is 5.95. The first-order valence-electron chi connectivity index (χ1n) is 8.26. The first-order valence-corrected chi connectivity index (χ1v) is 8.64. The largest absolute Gasteiger partial charge is 0.444 e. The lowest BCUT2D eigenvalue weighted by molar-refractivity contribution is -0.122. The van der Waals surface area contributed by atoms with E-state index in [0.717, 1.165) is 17.0 Å². The Morgan fingerprint density at radius 3 is 2.56 bits per heavy atom. The number of amides is 2. The molecular formula is C18H20ClF2N3O3. The molecule has 0 aliphatic carbocycles. The van der Waals surface area contributed by atoms with Crippen LogP contribution < -0.4 is 4.90 Å². The number of halogens is 3. The van der Waals surface area contributed by atoms with Crippen molar-refractivity contribution in [3.8, 4) is 6.07 Å². The molecule has 1 heterocycles. The predicted molar refractivity (Wildman–Crippen MR) is 95.2 cm³/mol. The summed E-state index contributed by atoms with van der Waals surface area (Å²) in [5.41, 5.74) is -1.01. The van der Waals surface area contributed by atoms with E-state index in [9.17, 15) is 23.6 Å². The summed E-state index contributed by atoms with van der Waals surface area (Å²) in [4.78, 5) is 27.5. The predicted octanol–water partition coefficient (Wildman–Crippen LogP) is 3.73. The van der Waals surface area contributed by atoms with Gasteiger partial charge in [0, 0.05) is 13.6 Å². The maximum Gasteiger partial charge on any atom is 0.411 e. The minimum Gasteiger partial charge on any atom is -0.444 e. The summed E-state index contributed by atoms with van der Waals surface area (Å²) in [6.45, 7) is 5.08. The van der Waals surface area contributed by atoms with Crippen molar-refractivity contribution in [1.29, 1.82) is 5.26 Å². The molecule has 146 valence electrons. The van der Waals surface area contributed by atoms with Gasteiger partial charge in [0.1, 0.15) is 22.5 Å². The lowest BCUT2D eigenvalue weighted by Crippen LogP contribution is -2.48. The second-order valence-electron chi connectivity index (χ2n) is 7.30. The molecule has 0 aromatic heterocycles. The third kappa shape index (κ3) is 4.48. The Hall–Kier alpha value is -2.40. The second-order valence-corrected chi connectivity index (χ2v) is 7.68. The second kappa shape index (κ2) is 7.69. The summed E-state index contributed by atoms with van der Waals surface area (Å²) in [7, 11) is 1.29. The number of likely N-dealkylation sites (tertiary alicyclic amines) is 1. The molecule has 1 saturated heterocycles. The number of nitrogens with zero attached hydrogens (tertiary/aromatic N) is 3.